The van der Waals surface area contributed by atoms with E-state index in [1.54, 1.807) is 6.33 Å². The van der Waals surface area contributed by atoms with Crippen LogP contribution in [-0.2, 0) is 13.0 Å². The lowest BCUT2D eigenvalue weighted by Gasteiger charge is -2.20. The molecule has 21 heavy (non-hydrogen) atoms. The van der Waals surface area contributed by atoms with Crippen molar-refractivity contribution in [1.29, 1.82) is 0 Å². The zero-order valence-electron chi connectivity index (χ0n) is 13.5. The zero-order chi connectivity index (χ0) is 15.2. The summed E-state index contributed by atoms with van der Waals surface area (Å²) in [5, 5.41) is 7.94. The fourth-order valence-corrected chi connectivity index (χ4v) is 2.64. The van der Waals surface area contributed by atoms with Gasteiger partial charge in [-0.3, -0.25) is 0 Å². The molecule has 4 heteroatoms. The number of nitrogens with zero attached hydrogens (tertiary/aromatic N) is 3. The van der Waals surface area contributed by atoms with Crippen molar-refractivity contribution in [1.82, 2.24) is 20.1 Å². The highest BCUT2D eigenvalue weighted by Crippen LogP contribution is 2.21. The Labute approximate surface area is 127 Å². The van der Waals surface area contributed by atoms with Crippen LogP contribution in [-0.4, -0.2) is 21.3 Å². The number of nitrogens with one attached hydrogen (secondary N) is 1. The van der Waals surface area contributed by atoms with Crippen LogP contribution in [0, 0.1) is 12.8 Å². The minimum atomic E-state index is 0.284. The maximum atomic E-state index is 4.46. The fraction of sp³-hybridized carbons (Fsp3) is 0.529. The van der Waals surface area contributed by atoms with E-state index < -0.39 is 0 Å². The van der Waals surface area contributed by atoms with Gasteiger partial charge in [-0.2, -0.15) is 5.10 Å². The van der Waals surface area contributed by atoms with E-state index in [1.807, 2.05) is 4.68 Å². The first-order valence-electron chi connectivity index (χ1n) is 7.77. The summed E-state index contributed by atoms with van der Waals surface area (Å²) in [5.74, 6) is 1.62. The lowest BCUT2D eigenvalue weighted by molar-refractivity contribution is 0.446. The van der Waals surface area contributed by atoms with Gasteiger partial charge in [0.2, 0.25) is 0 Å². The summed E-state index contributed by atoms with van der Waals surface area (Å²) in [5.41, 5.74) is 2.66. The minimum Gasteiger partial charge on any atom is -0.310 e. The zero-order valence-corrected chi connectivity index (χ0v) is 13.5. The van der Waals surface area contributed by atoms with E-state index in [2.05, 4.69) is 67.4 Å². The molecule has 0 radical (unpaired) electrons. The second-order valence-electron chi connectivity index (χ2n) is 5.92. The molecule has 2 rings (SSSR count). The average Bonchev–Trinajstić information content (AvgIpc) is 2.85. The minimum absolute atomic E-state index is 0.284. The van der Waals surface area contributed by atoms with E-state index in [-0.39, 0.29) is 6.04 Å². The SMILES string of the molecule is CCNC(Cc1ncnn1CC(C)C)c1ccccc1C. The lowest BCUT2D eigenvalue weighted by atomic mass is 9.98. The molecular formula is C17H26N4. The van der Waals surface area contributed by atoms with Gasteiger partial charge < -0.3 is 5.32 Å². The van der Waals surface area contributed by atoms with Gasteiger partial charge in [-0.05, 0) is 30.5 Å². The summed E-state index contributed by atoms with van der Waals surface area (Å²) >= 11 is 0. The van der Waals surface area contributed by atoms with Crippen molar-refractivity contribution < 1.29 is 0 Å². The van der Waals surface area contributed by atoms with Gasteiger partial charge in [-0.25, -0.2) is 9.67 Å². The van der Waals surface area contributed by atoms with Gasteiger partial charge in [0.05, 0.1) is 0 Å². The molecule has 0 aliphatic carbocycles. The van der Waals surface area contributed by atoms with E-state index in [9.17, 15) is 0 Å². The van der Waals surface area contributed by atoms with E-state index in [0.717, 1.165) is 25.3 Å². The van der Waals surface area contributed by atoms with Gasteiger partial charge in [0.15, 0.2) is 0 Å². The molecule has 1 unspecified atom stereocenters. The van der Waals surface area contributed by atoms with Crippen molar-refractivity contribution in [3.05, 3.63) is 47.5 Å². The van der Waals surface area contributed by atoms with Gasteiger partial charge >= 0.3 is 0 Å². The Morgan fingerprint density at radius 1 is 1.24 bits per heavy atom. The second-order valence-corrected chi connectivity index (χ2v) is 5.92. The largest absolute Gasteiger partial charge is 0.310 e. The maximum absolute atomic E-state index is 4.46. The van der Waals surface area contributed by atoms with Gasteiger partial charge in [0, 0.05) is 19.0 Å². The molecule has 1 heterocycles. The summed E-state index contributed by atoms with van der Waals surface area (Å²) in [4.78, 5) is 4.46. The summed E-state index contributed by atoms with van der Waals surface area (Å²) in [6.07, 6.45) is 2.53. The van der Waals surface area contributed by atoms with Gasteiger partial charge in [0.1, 0.15) is 12.2 Å². The molecule has 0 bridgehead atoms. The Hall–Kier alpha value is -1.68. The van der Waals surface area contributed by atoms with Gasteiger partial charge in [-0.15, -0.1) is 0 Å². The monoisotopic (exact) mass is 286 g/mol. The Morgan fingerprint density at radius 3 is 2.67 bits per heavy atom. The predicted octanol–water partition coefficient (Wildman–Crippen LogP) is 3.14. The number of aryl methyl sites for hydroxylation is 1. The number of hydrogen-bond acceptors (Lipinski definition) is 3. The topological polar surface area (TPSA) is 42.7 Å². The smallest absolute Gasteiger partial charge is 0.138 e. The average molecular weight is 286 g/mol. The third-order valence-electron chi connectivity index (χ3n) is 3.63. The third kappa shape index (κ3) is 4.14. The summed E-state index contributed by atoms with van der Waals surface area (Å²) in [6.45, 7) is 10.6. The molecule has 0 amide bonds. The quantitative estimate of drug-likeness (QED) is 0.850. The molecule has 0 aliphatic rings. The highest BCUT2D eigenvalue weighted by Gasteiger charge is 2.17. The van der Waals surface area contributed by atoms with Crippen molar-refractivity contribution >= 4 is 0 Å². The molecule has 1 aromatic carbocycles. The van der Waals surface area contributed by atoms with E-state index in [4.69, 9.17) is 0 Å². The molecule has 2 aromatic rings. The van der Waals surface area contributed by atoms with Gasteiger partial charge in [-0.1, -0.05) is 45.0 Å². The second kappa shape index (κ2) is 7.36. The van der Waals surface area contributed by atoms with Crippen LogP contribution in [0.25, 0.3) is 0 Å². The summed E-state index contributed by atoms with van der Waals surface area (Å²) < 4.78 is 2.04. The van der Waals surface area contributed by atoms with Crippen molar-refractivity contribution in [3.8, 4) is 0 Å². The Kier molecular flexibility index (Phi) is 5.51. The first kappa shape index (κ1) is 15.7. The molecule has 4 nitrogen and oxygen atoms in total. The number of likely N-dealkylation sites (N-methyl/N-ethyl adjacent to an activating group) is 1. The first-order chi connectivity index (χ1) is 10.1. The first-order valence-corrected chi connectivity index (χ1v) is 7.77. The number of benzene rings is 1. The molecule has 0 saturated carbocycles. The lowest BCUT2D eigenvalue weighted by Crippen LogP contribution is -2.25. The highest BCUT2D eigenvalue weighted by molar-refractivity contribution is 5.29. The summed E-state index contributed by atoms with van der Waals surface area (Å²) in [6, 6.07) is 8.84. The number of hydrogen-bond donors (Lipinski definition) is 1. The molecule has 1 atom stereocenters. The Bertz CT molecular complexity index is 559. The summed E-state index contributed by atoms with van der Waals surface area (Å²) in [7, 11) is 0. The van der Waals surface area contributed by atoms with Crippen molar-refractivity contribution in [2.24, 2.45) is 5.92 Å². The van der Waals surface area contributed by atoms with Crippen LogP contribution in [0.5, 0.6) is 0 Å². The van der Waals surface area contributed by atoms with Crippen molar-refractivity contribution in [2.45, 2.75) is 46.7 Å². The molecule has 0 aliphatic heterocycles. The van der Waals surface area contributed by atoms with E-state index in [0.29, 0.717) is 5.92 Å². The fourth-order valence-electron chi connectivity index (χ4n) is 2.64. The number of aromatic nitrogens is 3. The van der Waals surface area contributed by atoms with Crippen molar-refractivity contribution in [2.75, 3.05) is 6.54 Å². The standard InChI is InChI=1S/C17H26N4/c1-5-18-16(15-9-7-6-8-14(15)4)10-17-19-12-20-21(17)11-13(2)3/h6-9,12-13,16,18H,5,10-11H2,1-4H3. The molecule has 1 aromatic heterocycles. The maximum Gasteiger partial charge on any atom is 0.138 e. The van der Waals surface area contributed by atoms with Crippen LogP contribution in [0.4, 0.5) is 0 Å². The highest BCUT2D eigenvalue weighted by atomic mass is 15.3. The van der Waals surface area contributed by atoms with Crippen LogP contribution in [0.2, 0.25) is 0 Å². The Balaban J connectivity index is 2.21. The molecular weight excluding hydrogens is 260 g/mol. The van der Waals surface area contributed by atoms with Crippen LogP contribution in [0.3, 0.4) is 0 Å². The Morgan fingerprint density at radius 2 is 2.00 bits per heavy atom. The number of rotatable bonds is 7. The molecule has 0 spiro atoms. The van der Waals surface area contributed by atoms with Gasteiger partial charge in [0.25, 0.3) is 0 Å². The van der Waals surface area contributed by atoms with Crippen molar-refractivity contribution in [3.63, 3.8) is 0 Å². The third-order valence-corrected chi connectivity index (χ3v) is 3.63. The van der Waals surface area contributed by atoms with Crippen LogP contribution >= 0.6 is 0 Å². The van der Waals surface area contributed by atoms with E-state index in [1.165, 1.54) is 11.1 Å². The molecule has 0 fully saturated rings. The van der Waals surface area contributed by atoms with E-state index >= 15 is 0 Å². The van der Waals surface area contributed by atoms with Crippen LogP contribution in [0.1, 0.15) is 43.8 Å². The molecule has 114 valence electrons. The van der Waals surface area contributed by atoms with Crippen LogP contribution < -0.4 is 5.32 Å². The van der Waals surface area contributed by atoms with Crippen LogP contribution in [0.15, 0.2) is 30.6 Å². The predicted molar refractivity (Wildman–Crippen MR) is 86.2 cm³/mol. The molecule has 1 N–H and O–H groups in total. The molecule has 0 saturated heterocycles. The normalized spacial score (nSPS) is 12.8.